The molecule has 2 amide bonds. The molecule has 0 fully saturated rings. The summed E-state index contributed by atoms with van der Waals surface area (Å²) in [4.78, 5) is 23.4. The second-order valence-corrected chi connectivity index (χ2v) is 5.38. The Morgan fingerprint density at radius 1 is 1.35 bits per heavy atom. The van der Waals surface area contributed by atoms with Crippen molar-refractivity contribution in [2.24, 2.45) is 0 Å². The molecule has 23 heavy (non-hydrogen) atoms. The lowest BCUT2D eigenvalue weighted by Crippen LogP contribution is -2.25. The fraction of sp³-hybridized carbons (Fsp3) is 0.125. The lowest BCUT2D eigenvalue weighted by molar-refractivity contribution is -0.118. The van der Waals surface area contributed by atoms with Crippen LogP contribution in [-0.4, -0.2) is 18.4 Å². The maximum Gasteiger partial charge on any atom is 0.262 e. The van der Waals surface area contributed by atoms with E-state index in [1.165, 1.54) is 18.2 Å². The number of ether oxygens (including phenoxy) is 1. The number of rotatable bonds is 3. The molecule has 2 aromatic rings. The van der Waals surface area contributed by atoms with Gasteiger partial charge in [0.15, 0.2) is 6.61 Å². The van der Waals surface area contributed by atoms with Crippen LogP contribution in [0.15, 0.2) is 36.4 Å². The molecule has 0 saturated heterocycles. The van der Waals surface area contributed by atoms with E-state index in [0.29, 0.717) is 17.1 Å². The number of halogens is 2. The van der Waals surface area contributed by atoms with Gasteiger partial charge in [0.1, 0.15) is 11.6 Å². The summed E-state index contributed by atoms with van der Waals surface area (Å²) in [5, 5.41) is 5.48. The number of fused-ring (bicyclic) bond motifs is 1. The minimum absolute atomic E-state index is 0.0372. The zero-order valence-electron chi connectivity index (χ0n) is 11.9. The minimum Gasteiger partial charge on any atom is -0.482 e. The van der Waals surface area contributed by atoms with E-state index in [1.807, 2.05) is 0 Å². The predicted octanol–water partition coefficient (Wildman–Crippen LogP) is 2.99. The summed E-state index contributed by atoms with van der Waals surface area (Å²) in [6.07, 6.45) is -0.189. The second kappa shape index (κ2) is 6.26. The molecule has 118 valence electrons. The van der Waals surface area contributed by atoms with Gasteiger partial charge in [-0.1, -0.05) is 17.7 Å². The molecule has 0 aromatic heterocycles. The zero-order valence-corrected chi connectivity index (χ0v) is 12.6. The number of benzene rings is 2. The highest BCUT2D eigenvalue weighted by atomic mass is 35.5. The van der Waals surface area contributed by atoms with Gasteiger partial charge in [-0.05, 0) is 30.3 Å². The van der Waals surface area contributed by atoms with E-state index in [9.17, 15) is 14.0 Å². The molecule has 0 spiro atoms. The number of nitrogens with one attached hydrogen (secondary N) is 2. The Morgan fingerprint density at radius 3 is 2.96 bits per heavy atom. The normalized spacial score (nSPS) is 12.9. The van der Waals surface area contributed by atoms with Gasteiger partial charge in [0.05, 0.1) is 12.1 Å². The highest BCUT2D eigenvalue weighted by molar-refractivity contribution is 6.31. The first-order chi connectivity index (χ1) is 11.0. The first-order valence-electron chi connectivity index (χ1n) is 6.82. The highest BCUT2D eigenvalue weighted by Crippen LogP contribution is 2.30. The second-order valence-electron chi connectivity index (χ2n) is 4.97. The van der Waals surface area contributed by atoms with Gasteiger partial charge in [-0.2, -0.15) is 0 Å². The Hall–Kier alpha value is -2.60. The number of hydrogen-bond acceptors (Lipinski definition) is 3. The Kier molecular flexibility index (Phi) is 4.16. The highest BCUT2D eigenvalue weighted by Gasteiger charge is 2.17. The van der Waals surface area contributed by atoms with Crippen LogP contribution in [0.2, 0.25) is 5.02 Å². The minimum atomic E-state index is -0.529. The summed E-state index contributed by atoms with van der Waals surface area (Å²) in [5.74, 6) is -0.683. The molecule has 1 heterocycles. The van der Waals surface area contributed by atoms with Crippen LogP contribution in [0.1, 0.15) is 5.56 Å². The Bertz CT molecular complexity index is 775. The van der Waals surface area contributed by atoms with Crippen LogP contribution in [0.4, 0.5) is 15.8 Å². The molecule has 0 radical (unpaired) electrons. The van der Waals surface area contributed by atoms with Gasteiger partial charge in [0.2, 0.25) is 5.91 Å². The zero-order chi connectivity index (χ0) is 16.4. The lowest BCUT2D eigenvalue weighted by atomic mass is 10.1. The summed E-state index contributed by atoms with van der Waals surface area (Å²) < 4.78 is 18.9. The third kappa shape index (κ3) is 3.43. The maximum atomic E-state index is 13.7. The molecule has 2 aromatic carbocycles. The molecule has 2 N–H and O–H groups in total. The molecule has 0 saturated carbocycles. The lowest BCUT2D eigenvalue weighted by Gasteiger charge is -2.18. The van der Waals surface area contributed by atoms with Crippen LogP contribution in [0, 0.1) is 5.82 Å². The standard InChI is InChI=1S/C16H12ClFN2O3/c17-11-2-1-3-12(18)10(11)7-15(21)19-9-4-5-14-13(6-9)20-16(22)8-23-14/h1-6H,7-8H2,(H,19,21)(H,20,22). The van der Waals surface area contributed by atoms with Gasteiger partial charge < -0.3 is 15.4 Å². The fourth-order valence-corrected chi connectivity index (χ4v) is 2.46. The van der Waals surface area contributed by atoms with Crippen LogP contribution in [-0.2, 0) is 16.0 Å². The van der Waals surface area contributed by atoms with Crippen LogP contribution < -0.4 is 15.4 Å². The first kappa shape index (κ1) is 15.3. The van der Waals surface area contributed by atoms with E-state index in [-0.39, 0.29) is 29.5 Å². The van der Waals surface area contributed by atoms with Crippen molar-refractivity contribution < 1.29 is 18.7 Å². The molecular weight excluding hydrogens is 323 g/mol. The van der Waals surface area contributed by atoms with Gasteiger partial charge in [0.25, 0.3) is 5.91 Å². The fourth-order valence-electron chi connectivity index (χ4n) is 2.23. The van der Waals surface area contributed by atoms with E-state index in [4.69, 9.17) is 16.3 Å². The van der Waals surface area contributed by atoms with E-state index in [1.54, 1.807) is 18.2 Å². The van der Waals surface area contributed by atoms with E-state index in [2.05, 4.69) is 10.6 Å². The average Bonchev–Trinajstić information content (AvgIpc) is 2.50. The molecule has 5 nitrogen and oxygen atoms in total. The van der Waals surface area contributed by atoms with Crippen LogP contribution >= 0.6 is 11.6 Å². The molecule has 1 aliphatic rings. The number of amides is 2. The van der Waals surface area contributed by atoms with E-state index < -0.39 is 11.7 Å². The van der Waals surface area contributed by atoms with Crippen molar-refractivity contribution in [2.75, 3.05) is 17.2 Å². The van der Waals surface area contributed by atoms with Crippen molar-refractivity contribution in [3.63, 3.8) is 0 Å². The SMILES string of the molecule is O=C(Cc1c(F)cccc1Cl)Nc1ccc2c(c1)NC(=O)CO2. The molecule has 0 bridgehead atoms. The summed E-state index contributed by atoms with van der Waals surface area (Å²) in [6.45, 7) is -0.0372. The van der Waals surface area contributed by atoms with Crippen LogP contribution in [0.3, 0.4) is 0 Å². The van der Waals surface area contributed by atoms with E-state index >= 15 is 0 Å². The molecule has 3 rings (SSSR count). The van der Waals surface area contributed by atoms with Crippen molar-refractivity contribution in [1.29, 1.82) is 0 Å². The molecule has 7 heteroatoms. The van der Waals surface area contributed by atoms with Crippen molar-refractivity contribution in [3.8, 4) is 5.75 Å². The summed E-state index contributed by atoms with van der Waals surface area (Å²) >= 11 is 5.90. The van der Waals surface area contributed by atoms with Crippen molar-refractivity contribution in [1.82, 2.24) is 0 Å². The molecule has 0 unspecified atom stereocenters. The summed E-state index contributed by atoms with van der Waals surface area (Å²) in [5.41, 5.74) is 1.08. The molecular formula is C16H12ClFN2O3. The predicted molar refractivity (Wildman–Crippen MR) is 84.3 cm³/mol. The maximum absolute atomic E-state index is 13.7. The van der Waals surface area contributed by atoms with Gasteiger partial charge in [-0.15, -0.1) is 0 Å². The average molecular weight is 335 g/mol. The smallest absolute Gasteiger partial charge is 0.262 e. The van der Waals surface area contributed by atoms with Crippen molar-refractivity contribution in [3.05, 3.63) is 52.8 Å². The van der Waals surface area contributed by atoms with Crippen LogP contribution in [0.5, 0.6) is 5.75 Å². The quantitative estimate of drug-likeness (QED) is 0.906. The number of carbonyl (C=O) groups excluding carboxylic acids is 2. The summed E-state index contributed by atoms with van der Waals surface area (Å²) in [7, 11) is 0. The Labute approximate surface area is 136 Å². The van der Waals surface area contributed by atoms with E-state index in [0.717, 1.165) is 0 Å². The molecule has 1 aliphatic heterocycles. The molecule has 0 atom stereocenters. The van der Waals surface area contributed by atoms with Crippen molar-refractivity contribution in [2.45, 2.75) is 6.42 Å². The van der Waals surface area contributed by atoms with Gasteiger partial charge >= 0.3 is 0 Å². The number of anilines is 2. The third-order valence-corrected chi connectivity index (χ3v) is 3.65. The third-order valence-electron chi connectivity index (χ3n) is 3.30. The van der Waals surface area contributed by atoms with Gasteiger partial charge in [0, 0.05) is 16.3 Å². The van der Waals surface area contributed by atoms with Crippen molar-refractivity contribution >= 4 is 34.8 Å². The monoisotopic (exact) mass is 334 g/mol. The van der Waals surface area contributed by atoms with Crippen LogP contribution in [0.25, 0.3) is 0 Å². The topological polar surface area (TPSA) is 67.4 Å². The largest absolute Gasteiger partial charge is 0.482 e. The first-order valence-corrected chi connectivity index (χ1v) is 7.20. The summed E-state index contributed by atoms with van der Waals surface area (Å²) in [6, 6.07) is 9.11. The molecule has 0 aliphatic carbocycles. The van der Waals surface area contributed by atoms with Gasteiger partial charge in [-0.25, -0.2) is 4.39 Å². The Balaban J connectivity index is 1.73. The Morgan fingerprint density at radius 2 is 2.17 bits per heavy atom. The number of hydrogen-bond donors (Lipinski definition) is 2. The van der Waals surface area contributed by atoms with Gasteiger partial charge in [-0.3, -0.25) is 9.59 Å². The number of carbonyl (C=O) groups is 2.